The second-order valence-corrected chi connectivity index (χ2v) is 3.87. The molecule has 1 aromatic carbocycles. The van der Waals surface area contributed by atoms with Crippen LogP contribution in [0.1, 0.15) is 36.2 Å². The summed E-state index contributed by atoms with van der Waals surface area (Å²) >= 11 is 0. The van der Waals surface area contributed by atoms with Crippen molar-refractivity contribution < 1.29 is 4.79 Å². The van der Waals surface area contributed by atoms with Crippen LogP contribution in [0.25, 0.3) is 0 Å². The van der Waals surface area contributed by atoms with E-state index in [0.717, 1.165) is 12.0 Å². The quantitative estimate of drug-likeness (QED) is 0.774. The fraction of sp³-hybridized carbons (Fsp3) is 0.357. The summed E-state index contributed by atoms with van der Waals surface area (Å²) in [7, 11) is 0. The van der Waals surface area contributed by atoms with Gasteiger partial charge in [0.25, 0.3) is 5.91 Å². The molecule has 90 valence electrons. The monoisotopic (exact) mass is 230 g/mol. The third-order valence-electron chi connectivity index (χ3n) is 2.47. The first-order valence-corrected chi connectivity index (χ1v) is 5.77. The maximum atomic E-state index is 11.8. The van der Waals surface area contributed by atoms with Gasteiger partial charge in [-0.15, -0.1) is 0 Å². The number of rotatable bonds is 3. The highest BCUT2D eigenvalue weighted by atomic mass is 16.1. The molecule has 0 saturated carbocycles. The van der Waals surface area contributed by atoms with Gasteiger partial charge in [-0.05, 0) is 37.6 Å². The molecule has 0 aromatic heterocycles. The van der Waals surface area contributed by atoms with E-state index in [0.29, 0.717) is 12.1 Å². The van der Waals surface area contributed by atoms with E-state index in [2.05, 4.69) is 17.2 Å². The molecule has 0 aliphatic heterocycles. The minimum atomic E-state index is -0.0438. The fourth-order valence-electron chi connectivity index (χ4n) is 1.27. The molecule has 1 atom stereocenters. The largest absolute Gasteiger partial charge is 0.350 e. The van der Waals surface area contributed by atoms with E-state index >= 15 is 0 Å². The van der Waals surface area contributed by atoms with Crippen LogP contribution < -0.4 is 11.1 Å². The minimum absolute atomic E-state index is 0.0438. The number of carbonyl (C=O) groups is 1. The third kappa shape index (κ3) is 4.29. The summed E-state index contributed by atoms with van der Waals surface area (Å²) in [5.74, 6) is 5.64. The standard InChI is InChI=1S/C14H18N2O/c1-3-11(2)16-14(17)13-8-6-12(7-9-13)5-4-10-15/h6-9,11H,3,10,15H2,1-2H3,(H,16,17). The van der Waals surface area contributed by atoms with Crippen molar-refractivity contribution in [2.45, 2.75) is 26.3 Å². The van der Waals surface area contributed by atoms with E-state index in [4.69, 9.17) is 5.73 Å². The molecule has 0 fully saturated rings. The van der Waals surface area contributed by atoms with Gasteiger partial charge in [0.2, 0.25) is 0 Å². The van der Waals surface area contributed by atoms with Gasteiger partial charge in [-0.25, -0.2) is 0 Å². The van der Waals surface area contributed by atoms with Gasteiger partial charge in [-0.3, -0.25) is 4.79 Å². The molecule has 0 spiro atoms. The number of nitrogens with one attached hydrogen (secondary N) is 1. The first-order valence-electron chi connectivity index (χ1n) is 5.77. The molecule has 17 heavy (non-hydrogen) atoms. The number of nitrogens with two attached hydrogens (primary N) is 1. The molecule has 3 nitrogen and oxygen atoms in total. The molecule has 0 aliphatic rings. The molecule has 1 unspecified atom stereocenters. The molecular formula is C14H18N2O. The lowest BCUT2D eigenvalue weighted by Gasteiger charge is -2.11. The van der Waals surface area contributed by atoms with E-state index in [9.17, 15) is 4.79 Å². The Morgan fingerprint density at radius 3 is 2.59 bits per heavy atom. The van der Waals surface area contributed by atoms with Crippen LogP contribution in [0, 0.1) is 11.8 Å². The predicted molar refractivity (Wildman–Crippen MR) is 69.6 cm³/mol. The number of amides is 1. The summed E-state index contributed by atoms with van der Waals surface area (Å²) in [5.41, 5.74) is 6.81. The minimum Gasteiger partial charge on any atom is -0.350 e. The van der Waals surface area contributed by atoms with Crippen molar-refractivity contribution in [2.24, 2.45) is 5.73 Å². The third-order valence-corrected chi connectivity index (χ3v) is 2.47. The summed E-state index contributed by atoms with van der Waals surface area (Å²) in [6.07, 6.45) is 0.922. The second-order valence-electron chi connectivity index (χ2n) is 3.87. The molecule has 1 amide bonds. The summed E-state index contributed by atoms with van der Waals surface area (Å²) in [5, 5.41) is 2.91. The van der Waals surface area contributed by atoms with Crippen LogP contribution in [0.2, 0.25) is 0 Å². The number of hydrogen-bond acceptors (Lipinski definition) is 2. The number of benzene rings is 1. The van der Waals surface area contributed by atoms with E-state index in [1.165, 1.54) is 0 Å². The molecule has 0 aliphatic carbocycles. The summed E-state index contributed by atoms with van der Waals surface area (Å²) in [4.78, 5) is 11.8. The lowest BCUT2D eigenvalue weighted by atomic mass is 10.1. The SMILES string of the molecule is CCC(C)NC(=O)c1ccc(C#CCN)cc1. The predicted octanol–water partition coefficient (Wildman–Crippen LogP) is 1.53. The maximum absolute atomic E-state index is 11.8. The zero-order valence-electron chi connectivity index (χ0n) is 10.3. The molecule has 3 N–H and O–H groups in total. The zero-order valence-corrected chi connectivity index (χ0v) is 10.3. The van der Waals surface area contributed by atoms with Crippen molar-refractivity contribution in [1.82, 2.24) is 5.32 Å². The Morgan fingerprint density at radius 1 is 1.41 bits per heavy atom. The molecular weight excluding hydrogens is 212 g/mol. The molecule has 0 saturated heterocycles. The van der Waals surface area contributed by atoms with Crippen molar-refractivity contribution in [3.8, 4) is 11.8 Å². The van der Waals surface area contributed by atoms with Crippen LogP contribution in [0.15, 0.2) is 24.3 Å². The van der Waals surface area contributed by atoms with Crippen LogP contribution in [-0.2, 0) is 0 Å². The molecule has 0 radical (unpaired) electrons. The fourth-order valence-corrected chi connectivity index (χ4v) is 1.27. The lowest BCUT2D eigenvalue weighted by Crippen LogP contribution is -2.31. The Morgan fingerprint density at radius 2 is 2.06 bits per heavy atom. The molecule has 1 aromatic rings. The van der Waals surface area contributed by atoms with Crippen molar-refractivity contribution in [1.29, 1.82) is 0 Å². The average molecular weight is 230 g/mol. The van der Waals surface area contributed by atoms with E-state index in [-0.39, 0.29) is 11.9 Å². The first-order chi connectivity index (χ1) is 8.17. The Hall–Kier alpha value is -1.79. The second kappa shape index (κ2) is 6.72. The lowest BCUT2D eigenvalue weighted by molar-refractivity contribution is 0.0939. The van der Waals surface area contributed by atoms with Gasteiger partial charge in [0.1, 0.15) is 0 Å². The Labute approximate surface area is 102 Å². The zero-order chi connectivity index (χ0) is 12.7. The Balaban J connectivity index is 2.70. The Bertz CT molecular complexity index is 426. The van der Waals surface area contributed by atoms with Gasteiger partial charge in [-0.2, -0.15) is 0 Å². The summed E-state index contributed by atoms with van der Waals surface area (Å²) in [6.45, 7) is 4.37. The van der Waals surface area contributed by atoms with Gasteiger partial charge in [0.05, 0.1) is 6.54 Å². The van der Waals surface area contributed by atoms with Crippen LogP contribution in [0.4, 0.5) is 0 Å². The highest BCUT2D eigenvalue weighted by Gasteiger charge is 2.07. The highest BCUT2D eigenvalue weighted by Crippen LogP contribution is 2.04. The smallest absolute Gasteiger partial charge is 0.251 e. The van der Waals surface area contributed by atoms with Gasteiger partial charge in [0.15, 0.2) is 0 Å². The molecule has 1 rings (SSSR count). The topological polar surface area (TPSA) is 55.1 Å². The summed E-state index contributed by atoms with van der Waals surface area (Å²) < 4.78 is 0. The molecule has 0 heterocycles. The van der Waals surface area contributed by atoms with Gasteiger partial charge >= 0.3 is 0 Å². The van der Waals surface area contributed by atoms with E-state index in [1.807, 2.05) is 26.0 Å². The van der Waals surface area contributed by atoms with Crippen molar-refractivity contribution in [2.75, 3.05) is 6.54 Å². The normalized spacial score (nSPS) is 11.2. The maximum Gasteiger partial charge on any atom is 0.251 e. The van der Waals surface area contributed by atoms with E-state index in [1.54, 1.807) is 12.1 Å². The number of hydrogen-bond donors (Lipinski definition) is 2. The van der Waals surface area contributed by atoms with Crippen LogP contribution in [0.5, 0.6) is 0 Å². The van der Waals surface area contributed by atoms with E-state index < -0.39 is 0 Å². The Kier molecular flexibility index (Phi) is 5.25. The molecule has 0 bridgehead atoms. The average Bonchev–Trinajstić information content (AvgIpc) is 2.36. The van der Waals surface area contributed by atoms with Crippen molar-refractivity contribution in [3.05, 3.63) is 35.4 Å². The van der Waals surface area contributed by atoms with Gasteiger partial charge < -0.3 is 11.1 Å². The number of carbonyl (C=O) groups excluding carboxylic acids is 1. The van der Waals surface area contributed by atoms with Crippen LogP contribution >= 0.6 is 0 Å². The van der Waals surface area contributed by atoms with Crippen molar-refractivity contribution in [3.63, 3.8) is 0 Å². The van der Waals surface area contributed by atoms with Crippen molar-refractivity contribution >= 4 is 5.91 Å². The molecule has 3 heteroatoms. The summed E-state index contributed by atoms with van der Waals surface area (Å²) in [6, 6.07) is 7.40. The van der Waals surface area contributed by atoms with Gasteiger partial charge in [-0.1, -0.05) is 18.8 Å². The van der Waals surface area contributed by atoms with Crippen LogP contribution in [-0.4, -0.2) is 18.5 Å². The first kappa shape index (κ1) is 13.3. The highest BCUT2D eigenvalue weighted by molar-refractivity contribution is 5.94. The van der Waals surface area contributed by atoms with Crippen LogP contribution in [0.3, 0.4) is 0 Å². The van der Waals surface area contributed by atoms with Gasteiger partial charge in [0, 0.05) is 17.2 Å².